The van der Waals surface area contributed by atoms with Gasteiger partial charge in [0, 0.05) is 18.3 Å². The molecule has 0 bridgehead atoms. The number of para-hydroxylation sites is 1. The van der Waals surface area contributed by atoms with Crippen molar-refractivity contribution in [3.63, 3.8) is 0 Å². The van der Waals surface area contributed by atoms with Crippen molar-refractivity contribution in [1.82, 2.24) is 0 Å². The molecule has 0 aromatic heterocycles. The average molecular weight is 289 g/mol. The predicted octanol–water partition coefficient (Wildman–Crippen LogP) is 4.10. The van der Waals surface area contributed by atoms with Gasteiger partial charge in [0.15, 0.2) is 0 Å². The zero-order valence-corrected chi connectivity index (χ0v) is 13.6. The SMILES string of the molecule is Cc1ccccc1N(CCC(=O)O)C1CC(C)(C)CC1C. The molecule has 21 heavy (non-hydrogen) atoms. The number of hydrogen-bond donors (Lipinski definition) is 1. The van der Waals surface area contributed by atoms with Gasteiger partial charge in [0.1, 0.15) is 0 Å². The molecule has 1 aliphatic carbocycles. The highest BCUT2D eigenvalue weighted by molar-refractivity contribution is 5.68. The third-order valence-corrected chi connectivity index (χ3v) is 4.68. The van der Waals surface area contributed by atoms with Crippen molar-refractivity contribution in [2.75, 3.05) is 11.4 Å². The molecule has 3 nitrogen and oxygen atoms in total. The lowest BCUT2D eigenvalue weighted by atomic mass is 9.91. The van der Waals surface area contributed by atoms with Crippen LogP contribution in [-0.4, -0.2) is 23.7 Å². The van der Waals surface area contributed by atoms with E-state index in [1.54, 1.807) is 0 Å². The van der Waals surface area contributed by atoms with Crippen molar-refractivity contribution < 1.29 is 9.90 Å². The Morgan fingerprint density at radius 1 is 1.33 bits per heavy atom. The monoisotopic (exact) mass is 289 g/mol. The summed E-state index contributed by atoms with van der Waals surface area (Å²) in [7, 11) is 0. The molecule has 1 fully saturated rings. The van der Waals surface area contributed by atoms with E-state index in [0.717, 1.165) is 6.42 Å². The second kappa shape index (κ2) is 6.08. The molecule has 2 unspecified atom stereocenters. The summed E-state index contributed by atoms with van der Waals surface area (Å²) >= 11 is 0. The van der Waals surface area contributed by atoms with E-state index in [1.165, 1.54) is 17.7 Å². The standard InChI is InChI=1S/C18H27NO2/c1-13-7-5-6-8-15(13)19(10-9-17(20)21)16-12-18(3,4)11-14(16)2/h5-8,14,16H,9-12H2,1-4H3,(H,20,21). The maximum absolute atomic E-state index is 11.0. The minimum Gasteiger partial charge on any atom is -0.481 e. The van der Waals surface area contributed by atoms with Gasteiger partial charge in [-0.1, -0.05) is 39.0 Å². The molecule has 1 aliphatic rings. The fourth-order valence-corrected chi connectivity index (χ4v) is 3.84. The quantitative estimate of drug-likeness (QED) is 0.887. The molecule has 0 radical (unpaired) electrons. The molecular formula is C18H27NO2. The van der Waals surface area contributed by atoms with Gasteiger partial charge in [-0.3, -0.25) is 4.79 Å². The van der Waals surface area contributed by atoms with E-state index in [0.29, 0.717) is 23.9 Å². The van der Waals surface area contributed by atoms with Crippen molar-refractivity contribution in [1.29, 1.82) is 0 Å². The summed E-state index contributed by atoms with van der Waals surface area (Å²) in [5.41, 5.74) is 2.75. The number of carboxylic acids is 1. The maximum Gasteiger partial charge on any atom is 0.305 e. The number of carbonyl (C=O) groups is 1. The van der Waals surface area contributed by atoms with Gasteiger partial charge in [0.2, 0.25) is 0 Å². The average Bonchev–Trinajstić information content (AvgIpc) is 2.65. The lowest BCUT2D eigenvalue weighted by Gasteiger charge is -2.35. The van der Waals surface area contributed by atoms with Crippen LogP contribution < -0.4 is 4.90 Å². The lowest BCUT2D eigenvalue weighted by Crippen LogP contribution is -2.39. The number of aliphatic carboxylic acids is 1. The summed E-state index contributed by atoms with van der Waals surface area (Å²) < 4.78 is 0. The fraction of sp³-hybridized carbons (Fsp3) is 0.611. The largest absolute Gasteiger partial charge is 0.481 e. The van der Waals surface area contributed by atoms with Crippen LogP contribution in [0.25, 0.3) is 0 Å². The highest BCUT2D eigenvalue weighted by Gasteiger charge is 2.40. The van der Waals surface area contributed by atoms with Crippen molar-refractivity contribution in [3.8, 4) is 0 Å². The number of carboxylic acid groups (broad SMARTS) is 1. The van der Waals surface area contributed by atoms with Gasteiger partial charge >= 0.3 is 5.97 Å². The Bertz CT molecular complexity index is 510. The Labute approximate surface area is 128 Å². The first-order valence-electron chi connectivity index (χ1n) is 7.84. The summed E-state index contributed by atoms with van der Waals surface area (Å²) in [6, 6.07) is 8.74. The Balaban J connectivity index is 2.28. The van der Waals surface area contributed by atoms with Gasteiger partial charge in [-0.05, 0) is 42.7 Å². The second-order valence-electron chi connectivity index (χ2n) is 7.24. The predicted molar refractivity (Wildman–Crippen MR) is 86.7 cm³/mol. The molecule has 0 aliphatic heterocycles. The molecule has 3 heteroatoms. The topological polar surface area (TPSA) is 40.5 Å². The lowest BCUT2D eigenvalue weighted by molar-refractivity contribution is -0.136. The summed E-state index contributed by atoms with van der Waals surface area (Å²) in [4.78, 5) is 13.4. The molecule has 1 N–H and O–H groups in total. The zero-order valence-electron chi connectivity index (χ0n) is 13.6. The highest BCUT2D eigenvalue weighted by atomic mass is 16.4. The molecule has 2 atom stereocenters. The van der Waals surface area contributed by atoms with Crippen molar-refractivity contribution in [3.05, 3.63) is 29.8 Å². The molecule has 0 saturated heterocycles. The van der Waals surface area contributed by atoms with Gasteiger partial charge in [-0.15, -0.1) is 0 Å². The van der Waals surface area contributed by atoms with Crippen molar-refractivity contribution in [2.24, 2.45) is 11.3 Å². The molecule has 0 amide bonds. The Hall–Kier alpha value is -1.51. The minimum atomic E-state index is -0.724. The van der Waals surface area contributed by atoms with Crippen LogP contribution in [-0.2, 0) is 4.79 Å². The summed E-state index contributed by atoms with van der Waals surface area (Å²) in [6.07, 6.45) is 2.52. The van der Waals surface area contributed by atoms with Crippen LogP contribution >= 0.6 is 0 Å². The van der Waals surface area contributed by atoms with Crippen LogP contribution in [0.2, 0.25) is 0 Å². The van der Waals surface area contributed by atoms with E-state index < -0.39 is 5.97 Å². The fourth-order valence-electron chi connectivity index (χ4n) is 3.84. The van der Waals surface area contributed by atoms with Crippen LogP contribution in [0.5, 0.6) is 0 Å². The summed E-state index contributed by atoms with van der Waals surface area (Å²) in [6.45, 7) is 9.62. The number of hydrogen-bond acceptors (Lipinski definition) is 2. The van der Waals surface area contributed by atoms with Crippen molar-refractivity contribution >= 4 is 11.7 Å². The first kappa shape index (κ1) is 15.9. The molecule has 1 aromatic carbocycles. The Morgan fingerprint density at radius 3 is 2.52 bits per heavy atom. The third kappa shape index (κ3) is 3.78. The molecule has 1 aromatic rings. The van der Waals surface area contributed by atoms with Gasteiger partial charge < -0.3 is 10.0 Å². The smallest absolute Gasteiger partial charge is 0.305 e. The van der Waals surface area contributed by atoms with E-state index in [4.69, 9.17) is 5.11 Å². The molecule has 0 heterocycles. The maximum atomic E-state index is 11.0. The van der Waals surface area contributed by atoms with E-state index in [1.807, 2.05) is 12.1 Å². The van der Waals surface area contributed by atoms with Crippen LogP contribution in [0, 0.1) is 18.3 Å². The summed E-state index contributed by atoms with van der Waals surface area (Å²) in [5, 5.41) is 9.06. The normalized spacial score (nSPS) is 24.0. The Morgan fingerprint density at radius 2 is 2.00 bits per heavy atom. The van der Waals surface area contributed by atoms with Gasteiger partial charge in [-0.25, -0.2) is 0 Å². The summed E-state index contributed by atoms with van der Waals surface area (Å²) in [5.74, 6) is -0.133. The molecular weight excluding hydrogens is 262 g/mol. The molecule has 116 valence electrons. The minimum absolute atomic E-state index is 0.192. The van der Waals surface area contributed by atoms with Crippen molar-refractivity contribution in [2.45, 2.75) is 53.0 Å². The molecule has 2 rings (SSSR count). The number of rotatable bonds is 5. The van der Waals surface area contributed by atoms with Gasteiger partial charge in [-0.2, -0.15) is 0 Å². The highest BCUT2D eigenvalue weighted by Crippen LogP contribution is 2.44. The Kier molecular flexibility index (Phi) is 4.60. The number of benzene rings is 1. The van der Waals surface area contributed by atoms with E-state index in [-0.39, 0.29) is 6.42 Å². The van der Waals surface area contributed by atoms with E-state index in [2.05, 4.69) is 44.7 Å². The number of aryl methyl sites for hydroxylation is 1. The van der Waals surface area contributed by atoms with Crippen LogP contribution in [0.1, 0.15) is 45.6 Å². The van der Waals surface area contributed by atoms with E-state index >= 15 is 0 Å². The second-order valence-corrected chi connectivity index (χ2v) is 7.24. The zero-order chi connectivity index (χ0) is 15.6. The third-order valence-electron chi connectivity index (χ3n) is 4.68. The van der Waals surface area contributed by atoms with Gasteiger partial charge in [0.05, 0.1) is 6.42 Å². The van der Waals surface area contributed by atoms with Gasteiger partial charge in [0.25, 0.3) is 0 Å². The first-order valence-corrected chi connectivity index (χ1v) is 7.84. The number of anilines is 1. The molecule has 0 spiro atoms. The van der Waals surface area contributed by atoms with Crippen LogP contribution in [0.15, 0.2) is 24.3 Å². The van der Waals surface area contributed by atoms with Crippen LogP contribution in [0.3, 0.4) is 0 Å². The van der Waals surface area contributed by atoms with E-state index in [9.17, 15) is 4.79 Å². The van der Waals surface area contributed by atoms with Crippen LogP contribution in [0.4, 0.5) is 5.69 Å². The molecule has 1 saturated carbocycles. The first-order chi connectivity index (χ1) is 9.80. The number of nitrogens with zero attached hydrogens (tertiary/aromatic N) is 1.